The van der Waals surface area contributed by atoms with E-state index in [4.69, 9.17) is 0 Å². The molecule has 0 unspecified atom stereocenters. The smallest absolute Gasteiger partial charge is 0.0540 e. The number of anilines is 5. The summed E-state index contributed by atoms with van der Waals surface area (Å²) < 4.78 is 0. The second-order valence-corrected chi connectivity index (χ2v) is 13.9. The molecule has 0 aliphatic rings. The molecular formula is C54H40N2. The maximum absolute atomic E-state index is 3.67. The molecule has 56 heavy (non-hydrogen) atoms. The molecular weight excluding hydrogens is 677 g/mol. The Hall–Kier alpha value is -7.42. The zero-order valence-corrected chi connectivity index (χ0v) is 31.0. The van der Waals surface area contributed by atoms with Crippen LogP contribution < -0.4 is 10.2 Å². The van der Waals surface area contributed by atoms with Gasteiger partial charge in [0, 0.05) is 33.9 Å². The Morgan fingerprint density at radius 3 is 1.16 bits per heavy atom. The highest BCUT2D eigenvalue weighted by Crippen LogP contribution is 2.43. The van der Waals surface area contributed by atoms with Crippen molar-refractivity contribution >= 4 is 28.4 Å². The summed E-state index contributed by atoms with van der Waals surface area (Å²) in [6, 6.07) is 84.3. The first-order valence-corrected chi connectivity index (χ1v) is 19.1. The summed E-state index contributed by atoms with van der Waals surface area (Å²) in [7, 11) is 0. The Morgan fingerprint density at radius 2 is 0.643 bits per heavy atom. The van der Waals surface area contributed by atoms with E-state index in [2.05, 4.69) is 247 Å². The summed E-state index contributed by atoms with van der Waals surface area (Å²) in [5.41, 5.74) is 17.2. The number of hydrogen-bond acceptors (Lipinski definition) is 2. The second-order valence-electron chi connectivity index (χ2n) is 13.9. The van der Waals surface area contributed by atoms with E-state index < -0.39 is 0 Å². The zero-order valence-electron chi connectivity index (χ0n) is 31.0. The normalized spacial score (nSPS) is 10.9. The number of para-hydroxylation sites is 1. The van der Waals surface area contributed by atoms with E-state index in [1.807, 2.05) is 0 Å². The lowest BCUT2D eigenvalue weighted by molar-refractivity contribution is 1.28. The van der Waals surface area contributed by atoms with Gasteiger partial charge in [-0.1, -0.05) is 182 Å². The van der Waals surface area contributed by atoms with Crippen LogP contribution in [0.1, 0.15) is 0 Å². The van der Waals surface area contributed by atoms with Crippen LogP contribution in [0.4, 0.5) is 28.4 Å². The fraction of sp³-hybridized carbons (Fsp3) is 0. The summed E-state index contributed by atoms with van der Waals surface area (Å²) in [5.74, 6) is 0. The van der Waals surface area contributed by atoms with Gasteiger partial charge >= 0.3 is 0 Å². The molecule has 0 fully saturated rings. The summed E-state index contributed by atoms with van der Waals surface area (Å²) >= 11 is 0. The van der Waals surface area contributed by atoms with Gasteiger partial charge in [0.05, 0.1) is 5.69 Å². The highest BCUT2D eigenvalue weighted by atomic mass is 15.1. The van der Waals surface area contributed by atoms with E-state index in [9.17, 15) is 0 Å². The Balaban J connectivity index is 1.10. The molecule has 0 aliphatic heterocycles. The van der Waals surface area contributed by atoms with E-state index in [1.54, 1.807) is 0 Å². The molecule has 0 aromatic heterocycles. The summed E-state index contributed by atoms with van der Waals surface area (Å²) in [6.45, 7) is 0. The third-order valence-corrected chi connectivity index (χ3v) is 10.3. The summed E-state index contributed by atoms with van der Waals surface area (Å²) in [6.07, 6.45) is 0. The molecule has 266 valence electrons. The van der Waals surface area contributed by atoms with Gasteiger partial charge in [-0.3, -0.25) is 0 Å². The van der Waals surface area contributed by atoms with Gasteiger partial charge in [-0.15, -0.1) is 0 Å². The molecule has 9 aromatic carbocycles. The molecule has 9 rings (SSSR count). The zero-order chi connectivity index (χ0) is 37.5. The van der Waals surface area contributed by atoms with Crippen molar-refractivity contribution in [2.75, 3.05) is 10.2 Å². The highest BCUT2D eigenvalue weighted by Gasteiger charge is 2.19. The molecule has 2 nitrogen and oxygen atoms in total. The third kappa shape index (κ3) is 7.37. The lowest BCUT2D eigenvalue weighted by Gasteiger charge is -2.29. The maximum atomic E-state index is 3.67. The predicted molar refractivity (Wildman–Crippen MR) is 238 cm³/mol. The average Bonchev–Trinajstić information content (AvgIpc) is 3.29. The van der Waals surface area contributed by atoms with E-state index >= 15 is 0 Å². The molecule has 0 saturated carbocycles. The molecule has 0 spiro atoms. The van der Waals surface area contributed by atoms with E-state index in [-0.39, 0.29) is 0 Å². The lowest BCUT2D eigenvalue weighted by Crippen LogP contribution is -2.11. The van der Waals surface area contributed by atoms with Gasteiger partial charge in [0.1, 0.15) is 0 Å². The van der Waals surface area contributed by atoms with Crippen LogP contribution in [0.2, 0.25) is 0 Å². The monoisotopic (exact) mass is 716 g/mol. The third-order valence-electron chi connectivity index (χ3n) is 10.3. The number of benzene rings is 9. The van der Waals surface area contributed by atoms with Gasteiger partial charge in [0.25, 0.3) is 0 Å². The molecule has 1 N–H and O–H groups in total. The standard InChI is InChI=1S/C54H40N2/c1-5-15-40(16-6-1)42-27-34-49(35-28-42)56(50-36-29-43(30-37-50)41-17-7-2-8-18-41)54-38-31-47(39-52(54)46-21-11-4-12-22-46)44-25-32-48(33-26-44)55-53-24-14-13-23-51(53)45-19-9-3-10-20-45/h1-39,55H. The largest absolute Gasteiger partial charge is 0.355 e. The van der Waals surface area contributed by atoms with Crippen LogP contribution in [0.3, 0.4) is 0 Å². The quantitative estimate of drug-likeness (QED) is 0.152. The Labute approximate surface area is 329 Å². The molecule has 9 aromatic rings. The van der Waals surface area contributed by atoms with Crippen molar-refractivity contribution < 1.29 is 0 Å². The Morgan fingerprint density at radius 1 is 0.268 bits per heavy atom. The molecule has 0 radical (unpaired) electrons. The topological polar surface area (TPSA) is 15.3 Å². The lowest BCUT2D eigenvalue weighted by atomic mass is 9.95. The van der Waals surface area contributed by atoms with Crippen LogP contribution in [0.15, 0.2) is 237 Å². The number of nitrogens with one attached hydrogen (secondary N) is 1. The predicted octanol–water partition coefficient (Wildman–Crippen LogP) is 15.2. The average molecular weight is 717 g/mol. The summed E-state index contributed by atoms with van der Waals surface area (Å²) in [5, 5.41) is 3.67. The van der Waals surface area contributed by atoms with Crippen LogP contribution in [0.5, 0.6) is 0 Å². The molecule has 0 saturated heterocycles. The maximum Gasteiger partial charge on any atom is 0.0540 e. The van der Waals surface area contributed by atoms with Crippen molar-refractivity contribution in [3.63, 3.8) is 0 Å². The van der Waals surface area contributed by atoms with Gasteiger partial charge in [-0.2, -0.15) is 0 Å². The van der Waals surface area contributed by atoms with E-state index in [0.717, 1.165) is 50.7 Å². The molecule has 0 atom stereocenters. The number of hydrogen-bond donors (Lipinski definition) is 1. The van der Waals surface area contributed by atoms with Gasteiger partial charge in [-0.05, 0) is 99.1 Å². The van der Waals surface area contributed by atoms with Crippen LogP contribution in [0, 0.1) is 0 Å². The van der Waals surface area contributed by atoms with Crippen molar-refractivity contribution in [2.45, 2.75) is 0 Å². The van der Waals surface area contributed by atoms with Crippen molar-refractivity contribution in [3.8, 4) is 55.6 Å². The number of rotatable bonds is 10. The van der Waals surface area contributed by atoms with Crippen LogP contribution in [-0.4, -0.2) is 0 Å². The van der Waals surface area contributed by atoms with Gasteiger partial charge in [0.2, 0.25) is 0 Å². The van der Waals surface area contributed by atoms with Crippen molar-refractivity contribution in [1.29, 1.82) is 0 Å². The minimum Gasteiger partial charge on any atom is -0.355 e. The van der Waals surface area contributed by atoms with E-state index in [1.165, 1.54) is 33.4 Å². The molecule has 0 amide bonds. The van der Waals surface area contributed by atoms with Crippen LogP contribution >= 0.6 is 0 Å². The van der Waals surface area contributed by atoms with Crippen molar-refractivity contribution in [1.82, 2.24) is 0 Å². The van der Waals surface area contributed by atoms with Crippen LogP contribution in [-0.2, 0) is 0 Å². The van der Waals surface area contributed by atoms with Crippen LogP contribution in [0.25, 0.3) is 55.6 Å². The minimum atomic E-state index is 1.04. The molecule has 2 heteroatoms. The number of nitrogens with zero attached hydrogens (tertiary/aromatic N) is 1. The fourth-order valence-electron chi connectivity index (χ4n) is 7.42. The van der Waals surface area contributed by atoms with E-state index in [0.29, 0.717) is 0 Å². The SMILES string of the molecule is c1ccc(-c2ccc(N(c3ccc(-c4ccccc4)cc3)c3ccc(-c4ccc(Nc5ccccc5-c5ccccc5)cc4)cc3-c3ccccc3)cc2)cc1. The van der Waals surface area contributed by atoms with Crippen molar-refractivity contribution in [3.05, 3.63) is 237 Å². The van der Waals surface area contributed by atoms with Crippen molar-refractivity contribution in [2.24, 2.45) is 0 Å². The molecule has 0 aliphatic carbocycles. The summed E-state index contributed by atoms with van der Waals surface area (Å²) in [4.78, 5) is 2.38. The molecule has 0 bridgehead atoms. The first-order valence-electron chi connectivity index (χ1n) is 19.1. The highest BCUT2D eigenvalue weighted by molar-refractivity contribution is 5.91. The first kappa shape index (κ1) is 34.4. The molecule has 0 heterocycles. The fourth-order valence-corrected chi connectivity index (χ4v) is 7.42. The van der Waals surface area contributed by atoms with Gasteiger partial charge < -0.3 is 10.2 Å². The van der Waals surface area contributed by atoms with Gasteiger partial charge in [-0.25, -0.2) is 0 Å². The second kappa shape index (κ2) is 15.9. The first-order chi connectivity index (χ1) is 27.8. The van der Waals surface area contributed by atoms with Gasteiger partial charge in [0.15, 0.2) is 0 Å². The Bertz CT molecular complexity index is 2570. The minimum absolute atomic E-state index is 1.04. The Kier molecular flexibility index (Phi) is 9.75.